The van der Waals surface area contributed by atoms with Crippen LogP contribution in [0.3, 0.4) is 0 Å². The van der Waals surface area contributed by atoms with Crippen molar-refractivity contribution in [2.45, 2.75) is 196 Å². The van der Waals surface area contributed by atoms with Crippen LogP contribution < -0.4 is 10.6 Å². The van der Waals surface area contributed by atoms with Gasteiger partial charge in [-0.3, -0.25) is 9.59 Å². The van der Waals surface area contributed by atoms with Gasteiger partial charge in [-0.25, -0.2) is 0 Å². The Labute approximate surface area is 322 Å². The van der Waals surface area contributed by atoms with Crippen molar-refractivity contribution in [2.24, 2.45) is 0 Å². The van der Waals surface area contributed by atoms with Crippen molar-refractivity contribution in [3.05, 3.63) is 0 Å². The fourth-order valence-electron chi connectivity index (χ4n) is 7.67. The van der Waals surface area contributed by atoms with Crippen molar-refractivity contribution in [3.8, 4) is 0 Å². The van der Waals surface area contributed by atoms with Crippen molar-refractivity contribution in [1.29, 1.82) is 0 Å². The van der Waals surface area contributed by atoms with Gasteiger partial charge in [0.05, 0.1) is 43.1 Å². The van der Waals surface area contributed by atoms with Crippen LogP contribution in [-0.4, -0.2) is 206 Å². The quantitative estimate of drug-likeness (QED) is 0.0927. The zero-order valence-electron chi connectivity index (χ0n) is 31.9. The summed E-state index contributed by atoms with van der Waals surface area (Å²) >= 11 is 0. The molecule has 5 saturated heterocycles. The van der Waals surface area contributed by atoms with Crippen molar-refractivity contribution < 1.29 is 98.2 Å². The molecule has 0 radical (unpaired) electrons. The molecule has 5 fully saturated rings. The van der Waals surface area contributed by atoms with Gasteiger partial charge in [-0.1, -0.05) is 0 Å². The lowest BCUT2D eigenvalue weighted by molar-refractivity contribution is -0.397. The molecule has 0 aromatic carbocycles. The maximum absolute atomic E-state index is 12.0. The third kappa shape index (κ3) is 10.1. The molecule has 2 amide bonds. The van der Waals surface area contributed by atoms with Crippen molar-refractivity contribution in [1.82, 2.24) is 10.6 Å². The van der Waals surface area contributed by atoms with Gasteiger partial charge >= 0.3 is 0 Å². The van der Waals surface area contributed by atoms with E-state index in [1.54, 1.807) is 13.8 Å². The molecule has 0 bridgehead atoms. The minimum Gasteiger partial charge on any atom is -0.394 e. The van der Waals surface area contributed by atoms with Gasteiger partial charge < -0.3 is 99.2 Å². The Balaban J connectivity index is 1.41. The van der Waals surface area contributed by atoms with E-state index in [-0.39, 0.29) is 12.8 Å². The highest BCUT2D eigenvalue weighted by Crippen LogP contribution is 2.36. The van der Waals surface area contributed by atoms with Gasteiger partial charge in [0.25, 0.3) is 0 Å². The highest BCUT2D eigenvalue weighted by atomic mass is 16.8. The summed E-state index contributed by atoms with van der Waals surface area (Å²) in [5.74, 6) is -0.835. The topological polar surface area (TPSA) is 323 Å². The minimum atomic E-state index is -1.90. The van der Waals surface area contributed by atoms with E-state index in [0.717, 1.165) is 0 Å². The second kappa shape index (κ2) is 19.1. The largest absolute Gasteiger partial charge is 0.394 e. The average Bonchev–Trinajstić information content (AvgIpc) is 3.12. The van der Waals surface area contributed by atoms with Gasteiger partial charge in [-0.05, 0) is 27.7 Å². The van der Waals surface area contributed by atoms with Gasteiger partial charge in [0.15, 0.2) is 31.5 Å². The lowest BCUT2D eigenvalue weighted by atomic mass is 9.95. The Kier molecular flexibility index (Phi) is 15.4. The molecular formula is C34H58N2O20. The van der Waals surface area contributed by atoms with Gasteiger partial charge in [0, 0.05) is 26.7 Å². The Bertz CT molecular complexity index is 1300. The third-order valence-corrected chi connectivity index (χ3v) is 10.8. The van der Waals surface area contributed by atoms with Gasteiger partial charge in [-0.2, -0.15) is 0 Å². The Morgan fingerprint density at radius 2 is 1.00 bits per heavy atom. The van der Waals surface area contributed by atoms with Crippen LogP contribution >= 0.6 is 0 Å². The predicted molar refractivity (Wildman–Crippen MR) is 181 cm³/mol. The molecule has 56 heavy (non-hydrogen) atoms. The summed E-state index contributed by atoms with van der Waals surface area (Å²) in [6.07, 6.45) is -29.6. The molecule has 0 spiro atoms. The van der Waals surface area contributed by atoms with Crippen LogP contribution in [0.2, 0.25) is 0 Å². The lowest BCUT2D eigenvalue weighted by Crippen LogP contribution is -2.67. The van der Waals surface area contributed by atoms with Crippen LogP contribution in [0.1, 0.15) is 54.4 Å². The van der Waals surface area contributed by atoms with Crippen LogP contribution in [0.25, 0.3) is 0 Å². The van der Waals surface area contributed by atoms with Crippen LogP contribution in [-0.2, 0) is 52.2 Å². The standard InChI is InChI=1S/C34H58N2O20/c1-10-21(40)16(35-14(5)38)7-19(48-10)53-29-23(42)12(3)51-34(27(29)46)55-28-13(4)50-32(47)31(56-33-26(45)25(44)24(43)18(9-37)52-33)30(28)54-20-8-17(36-15(6)39)22(41)11(2)49-20/h10-13,16-34,37,40-47H,7-9H2,1-6H3,(H,35,38)(H,36,39)/t10-,11-,12-,13-,16?,17?,18-,19+,20+,21-,22-,23-,24-,25+,26-,27-,28-,29+,30+,31-,32-,33-,34+/m1/s1. The zero-order valence-corrected chi connectivity index (χ0v) is 31.9. The van der Waals surface area contributed by atoms with Crippen molar-refractivity contribution >= 4 is 11.8 Å². The van der Waals surface area contributed by atoms with Crippen molar-refractivity contribution in [2.75, 3.05) is 6.61 Å². The first-order valence-electron chi connectivity index (χ1n) is 18.8. The van der Waals surface area contributed by atoms with Crippen molar-refractivity contribution in [3.63, 3.8) is 0 Å². The number of ether oxygens (including phenoxy) is 9. The molecule has 22 nitrogen and oxygen atoms in total. The van der Waals surface area contributed by atoms with E-state index < -0.39 is 160 Å². The number of carbonyl (C=O) groups excluding carboxylic acids is 2. The highest BCUT2D eigenvalue weighted by Gasteiger charge is 2.55. The molecule has 324 valence electrons. The number of aliphatic hydroxyl groups is 9. The SMILES string of the molecule is CC(=O)NC1C[C@H](O[C@@H]2[C@@H](O)[C@H](O[C@H]3[C@H](O[C@H]4CC(NC(C)=O)[C@H](O)[C@@H](C)O4)[C@@H](O[C@H]4O[C@H](CO)[C@@H](O)[C@H](O)[C@H]4O)[C@H](O)O[C@@H]3C)O[C@H](C)[C@H]2O)O[C@H](C)[C@H]1O. The van der Waals surface area contributed by atoms with Crippen LogP contribution in [0.5, 0.6) is 0 Å². The number of hydrogen-bond donors (Lipinski definition) is 11. The molecule has 0 aromatic heterocycles. The van der Waals surface area contributed by atoms with Crippen LogP contribution in [0.4, 0.5) is 0 Å². The summed E-state index contributed by atoms with van der Waals surface area (Å²) in [4.78, 5) is 23.7. The maximum atomic E-state index is 12.0. The molecule has 0 saturated carbocycles. The molecule has 22 heteroatoms. The molecule has 0 aromatic rings. The number of aliphatic hydroxyl groups excluding tert-OH is 9. The summed E-state index contributed by atoms with van der Waals surface area (Å²) in [7, 11) is 0. The molecule has 5 rings (SSSR count). The lowest BCUT2D eigenvalue weighted by Gasteiger charge is -2.50. The van der Waals surface area contributed by atoms with Crippen LogP contribution in [0, 0.1) is 0 Å². The Hall–Kier alpha value is -1.78. The molecule has 5 heterocycles. The number of amides is 2. The molecule has 23 atom stereocenters. The summed E-state index contributed by atoms with van der Waals surface area (Å²) in [5.41, 5.74) is 0. The summed E-state index contributed by atoms with van der Waals surface area (Å²) in [5, 5.41) is 102. The number of rotatable bonds is 11. The summed E-state index contributed by atoms with van der Waals surface area (Å²) in [6, 6.07) is -1.60. The minimum absolute atomic E-state index is 0.0337. The number of carbonyl (C=O) groups is 2. The highest BCUT2D eigenvalue weighted by molar-refractivity contribution is 5.73. The smallest absolute Gasteiger partial charge is 0.217 e. The molecule has 2 unspecified atom stereocenters. The van der Waals surface area contributed by atoms with E-state index in [1.807, 2.05) is 0 Å². The second-order valence-electron chi connectivity index (χ2n) is 15.1. The summed E-state index contributed by atoms with van der Waals surface area (Å²) in [6.45, 7) is 7.88. The van der Waals surface area contributed by atoms with Gasteiger partial charge in [0.1, 0.15) is 73.2 Å². The third-order valence-electron chi connectivity index (χ3n) is 10.8. The molecule has 5 aliphatic rings. The first-order chi connectivity index (χ1) is 26.3. The fourth-order valence-corrected chi connectivity index (χ4v) is 7.67. The second-order valence-corrected chi connectivity index (χ2v) is 15.1. The first kappa shape index (κ1) is 45.3. The van der Waals surface area contributed by atoms with Crippen LogP contribution in [0.15, 0.2) is 0 Å². The predicted octanol–water partition coefficient (Wildman–Crippen LogP) is -5.47. The molecule has 5 aliphatic heterocycles. The maximum Gasteiger partial charge on any atom is 0.217 e. The summed E-state index contributed by atoms with van der Waals surface area (Å²) < 4.78 is 53.6. The molecule has 0 aliphatic carbocycles. The Morgan fingerprint density at radius 3 is 1.52 bits per heavy atom. The van der Waals surface area contributed by atoms with E-state index >= 15 is 0 Å². The van der Waals surface area contributed by atoms with Gasteiger partial charge in [0.2, 0.25) is 11.8 Å². The number of nitrogens with one attached hydrogen (secondary N) is 2. The van der Waals surface area contributed by atoms with E-state index in [1.165, 1.54) is 27.7 Å². The normalized spacial score (nSPS) is 50.2. The number of hydrogen-bond acceptors (Lipinski definition) is 20. The van der Waals surface area contributed by atoms with Gasteiger partial charge in [-0.15, -0.1) is 0 Å². The van der Waals surface area contributed by atoms with E-state index in [4.69, 9.17) is 42.6 Å². The zero-order chi connectivity index (χ0) is 41.3. The monoisotopic (exact) mass is 814 g/mol. The van der Waals surface area contributed by atoms with E-state index in [2.05, 4.69) is 10.6 Å². The first-order valence-corrected chi connectivity index (χ1v) is 18.8. The fraction of sp³-hybridized carbons (Fsp3) is 0.941. The average molecular weight is 815 g/mol. The van der Waals surface area contributed by atoms with E-state index in [0.29, 0.717) is 0 Å². The molecular weight excluding hydrogens is 756 g/mol. The van der Waals surface area contributed by atoms with E-state index in [9.17, 15) is 55.5 Å². The Morgan fingerprint density at radius 1 is 0.518 bits per heavy atom. The molecule has 11 N–H and O–H groups in total.